The highest BCUT2D eigenvalue weighted by Crippen LogP contribution is 2.31. The van der Waals surface area contributed by atoms with E-state index in [1.165, 1.54) is 23.1 Å². The maximum atomic E-state index is 13.6. The molecule has 0 aliphatic carbocycles. The van der Waals surface area contributed by atoms with Gasteiger partial charge in [0.25, 0.3) is 0 Å². The highest BCUT2D eigenvalue weighted by molar-refractivity contribution is 8.00. The molecule has 4 aromatic rings. The molecule has 0 saturated carbocycles. The lowest BCUT2D eigenvalue weighted by Crippen LogP contribution is -2.37. The fraction of sp³-hybridized carbons (Fsp3) is 0.158. The van der Waals surface area contributed by atoms with Crippen molar-refractivity contribution in [2.45, 2.75) is 17.3 Å². The van der Waals surface area contributed by atoms with Gasteiger partial charge in [-0.15, -0.1) is 10.2 Å². The zero-order chi connectivity index (χ0) is 22.1. The number of anilines is 1. The second-order valence-electron chi connectivity index (χ2n) is 6.42. The van der Waals surface area contributed by atoms with Gasteiger partial charge in [-0.05, 0) is 31.2 Å². The zero-order valence-corrected chi connectivity index (χ0v) is 17.5. The van der Waals surface area contributed by atoms with Gasteiger partial charge >= 0.3 is 0 Å². The summed E-state index contributed by atoms with van der Waals surface area (Å²) in [6, 6.07) is 9.30. The van der Waals surface area contributed by atoms with Crippen LogP contribution in [-0.4, -0.2) is 38.2 Å². The van der Waals surface area contributed by atoms with Crippen LogP contribution in [0.2, 0.25) is 0 Å². The molecule has 2 N–H and O–H groups in total. The summed E-state index contributed by atoms with van der Waals surface area (Å²) in [5.41, 5.74) is 0.409. The Kier molecular flexibility index (Phi) is 5.83. The number of carbonyl (C=O) groups excluding carboxylic acids is 2. The molecule has 1 unspecified atom stereocenters. The van der Waals surface area contributed by atoms with Crippen molar-refractivity contribution in [2.75, 3.05) is 11.9 Å². The fourth-order valence-electron chi connectivity index (χ4n) is 2.77. The molecule has 0 fully saturated rings. The first-order chi connectivity index (χ1) is 14.8. The molecule has 31 heavy (non-hydrogen) atoms. The Balaban J connectivity index is 1.38. The molecule has 0 radical (unpaired) electrons. The van der Waals surface area contributed by atoms with Crippen LogP contribution < -0.4 is 10.6 Å². The van der Waals surface area contributed by atoms with E-state index >= 15 is 0 Å². The fourth-order valence-corrected chi connectivity index (χ4v) is 4.68. The third-order valence-corrected chi connectivity index (χ3v) is 6.35. The van der Waals surface area contributed by atoms with Gasteiger partial charge in [0.05, 0.1) is 27.7 Å². The number of aromatic nitrogens is 3. The molecule has 2 aromatic carbocycles. The molecule has 0 saturated heterocycles. The van der Waals surface area contributed by atoms with Crippen LogP contribution in [0.1, 0.15) is 6.92 Å². The number of nitrogens with zero attached hydrogens (tertiary/aromatic N) is 3. The molecule has 0 aliphatic heterocycles. The summed E-state index contributed by atoms with van der Waals surface area (Å²) in [5, 5.41) is 12.7. The van der Waals surface area contributed by atoms with Gasteiger partial charge in [0.2, 0.25) is 16.8 Å². The first-order valence-corrected chi connectivity index (χ1v) is 10.6. The second-order valence-corrected chi connectivity index (χ2v) is 8.74. The molecule has 0 spiro atoms. The molecule has 1 atom stereocenters. The van der Waals surface area contributed by atoms with Crippen LogP contribution >= 0.6 is 23.1 Å². The number of rotatable bonds is 6. The Labute approximate surface area is 181 Å². The van der Waals surface area contributed by atoms with Crippen molar-refractivity contribution in [1.82, 2.24) is 19.9 Å². The van der Waals surface area contributed by atoms with Crippen LogP contribution in [0.15, 0.2) is 41.6 Å². The van der Waals surface area contributed by atoms with Crippen molar-refractivity contribution >= 4 is 55.8 Å². The molecule has 4 rings (SSSR count). The van der Waals surface area contributed by atoms with Crippen LogP contribution in [0.3, 0.4) is 0 Å². The van der Waals surface area contributed by atoms with Crippen molar-refractivity contribution in [2.24, 2.45) is 0 Å². The Morgan fingerprint density at radius 1 is 1.13 bits per heavy atom. The summed E-state index contributed by atoms with van der Waals surface area (Å²) >= 11 is 2.65. The summed E-state index contributed by atoms with van der Waals surface area (Å²) in [6.45, 7) is 1.17. The molecule has 160 valence electrons. The number of thioether (sulfide) groups is 1. The minimum absolute atomic E-state index is 0.456. The largest absolute Gasteiger partial charge is 0.346 e. The Hall–Kier alpha value is -3.12. The molecule has 0 aliphatic rings. The molecule has 2 amide bonds. The van der Waals surface area contributed by atoms with Gasteiger partial charge in [0, 0.05) is 0 Å². The Morgan fingerprint density at radius 2 is 1.90 bits per heavy atom. The number of benzene rings is 2. The SMILES string of the molecule is CC(Sc1nnc2sc3ccccc3n12)C(=O)NCC(=O)Nc1ccc(F)c(F)c1F. The summed E-state index contributed by atoms with van der Waals surface area (Å²) in [6.07, 6.45) is 0. The number of carbonyl (C=O) groups is 2. The van der Waals surface area contributed by atoms with Crippen LogP contribution in [-0.2, 0) is 9.59 Å². The molecule has 12 heteroatoms. The van der Waals surface area contributed by atoms with Gasteiger partial charge in [-0.3, -0.25) is 14.0 Å². The van der Waals surface area contributed by atoms with Gasteiger partial charge < -0.3 is 10.6 Å². The van der Waals surface area contributed by atoms with Gasteiger partial charge in [0.1, 0.15) is 0 Å². The average molecular weight is 465 g/mol. The number of nitrogens with one attached hydrogen (secondary N) is 2. The van der Waals surface area contributed by atoms with E-state index in [4.69, 9.17) is 0 Å². The van der Waals surface area contributed by atoms with E-state index in [1.54, 1.807) is 6.92 Å². The molecule has 2 aromatic heterocycles. The summed E-state index contributed by atoms with van der Waals surface area (Å²) < 4.78 is 42.7. The lowest BCUT2D eigenvalue weighted by Gasteiger charge is -2.11. The summed E-state index contributed by atoms with van der Waals surface area (Å²) in [4.78, 5) is 25.0. The van der Waals surface area contributed by atoms with E-state index < -0.39 is 46.7 Å². The number of halogens is 3. The Bertz CT molecular complexity index is 1310. The van der Waals surface area contributed by atoms with Crippen LogP contribution in [0, 0.1) is 17.5 Å². The van der Waals surface area contributed by atoms with Crippen LogP contribution in [0.5, 0.6) is 0 Å². The van der Waals surface area contributed by atoms with Gasteiger partial charge in [0.15, 0.2) is 22.6 Å². The molecular formula is C19H14F3N5O2S2. The monoisotopic (exact) mass is 465 g/mol. The normalized spacial score (nSPS) is 12.3. The van der Waals surface area contributed by atoms with E-state index in [9.17, 15) is 22.8 Å². The number of thiazole rings is 1. The lowest BCUT2D eigenvalue weighted by molar-refractivity contribution is -0.123. The smallest absolute Gasteiger partial charge is 0.243 e. The van der Waals surface area contributed by atoms with Gasteiger partial charge in [-0.25, -0.2) is 13.2 Å². The van der Waals surface area contributed by atoms with Gasteiger partial charge in [-0.1, -0.05) is 35.2 Å². The Morgan fingerprint density at radius 3 is 2.71 bits per heavy atom. The van der Waals surface area contributed by atoms with Crippen molar-refractivity contribution < 1.29 is 22.8 Å². The maximum absolute atomic E-state index is 13.6. The van der Waals surface area contributed by atoms with E-state index in [1.807, 2.05) is 28.7 Å². The maximum Gasteiger partial charge on any atom is 0.243 e. The van der Waals surface area contributed by atoms with E-state index in [2.05, 4.69) is 20.8 Å². The van der Waals surface area contributed by atoms with E-state index in [-0.39, 0.29) is 0 Å². The summed E-state index contributed by atoms with van der Waals surface area (Å²) in [7, 11) is 0. The van der Waals surface area contributed by atoms with E-state index in [0.717, 1.165) is 16.3 Å². The predicted molar refractivity (Wildman–Crippen MR) is 112 cm³/mol. The minimum Gasteiger partial charge on any atom is -0.346 e. The average Bonchev–Trinajstić information content (AvgIpc) is 3.32. The quantitative estimate of drug-likeness (QED) is 0.336. The molecular weight excluding hydrogens is 451 g/mol. The molecule has 0 bridgehead atoms. The third-order valence-electron chi connectivity index (χ3n) is 4.29. The van der Waals surface area contributed by atoms with Crippen molar-refractivity contribution in [3.8, 4) is 0 Å². The predicted octanol–water partition coefficient (Wildman–Crippen LogP) is 3.60. The first-order valence-electron chi connectivity index (χ1n) is 8.95. The highest BCUT2D eigenvalue weighted by Gasteiger charge is 2.21. The van der Waals surface area contributed by atoms with Crippen molar-refractivity contribution in [1.29, 1.82) is 0 Å². The van der Waals surface area contributed by atoms with Crippen LogP contribution in [0.25, 0.3) is 15.2 Å². The highest BCUT2D eigenvalue weighted by atomic mass is 32.2. The third kappa shape index (κ3) is 4.21. The lowest BCUT2D eigenvalue weighted by atomic mass is 10.2. The number of fused-ring (bicyclic) bond motifs is 3. The topological polar surface area (TPSA) is 88.4 Å². The standard InChI is InChI=1S/C19H14F3N5O2S2/c1-9(30-18-25-26-19-27(18)12-4-2-3-5-13(12)31-19)17(29)23-8-14(28)24-11-7-6-10(20)15(21)16(11)22/h2-7,9H,8H2,1H3,(H,23,29)(H,24,28). The van der Waals surface area contributed by atoms with Crippen molar-refractivity contribution in [3.63, 3.8) is 0 Å². The van der Waals surface area contributed by atoms with E-state index in [0.29, 0.717) is 16.2 Å². The number of hydrogen-bond acceptors (Lipinski definition) is 6. The van der Waals surface area contributed by atoms with Crippen molar-refractivity contribution in [3.05, 3.63) is 53.8 Å². The zero-order valence-electron chi connectivity index (χ0n) is 15.9. The number of para-hydroxylation sites is 1. The first kappa shape index (κ1) is 21.1. The number of amides is 2. The van der Waals surface area contributed by atoms with Gasteiger partial charge in [-0.2, -0.15) is 0 Å². The number of hydrogen-bond donors (Lipinski definition) is 2. The molecule has 2 heterocycles. The summed E-state index contributed by atoms with van der Waals surface area (Å²) in [5.74, 6) is -5.81. The molecule has 7 nitrogen and oxygen atoms in total. The minimum atomic E-state index is -1.69. The van der Waals surface area contributed by atoms with Crippen LogP contribution in [0.4, 0.5) is 18.9 Å². The second kappa shape index (κ2) is 8.55.